The molecule has 1 unspecified atom stereocenters. The fourth-order valence-electron chi connectivity index (χ4n) is 1.12. The first-order valence-electron chi connectivity index (χ1n) is 5.14. The van der Waals surface area contributed by atoms with Crippen molar-refractivity contribution in [2.45, 2.75) is 6.92 Å². The Labute approximate surface area is 122 Å². The average molecular weight is 374 g/mol. The number of aliphatic imine (C=N–C) groups is 1. The molecular formula is C12H10Br2N2O2. The predicted octanol–water partition coefficient (Wildman–Crippen LogP) is 3.62. The number of hydrogen-bond acceptors (Lipinski definition) is 4. The third-order valence-corrected chi connectivity index (χ3v) is 3.08. The first-order valence-corrected chi connectivity index (χ1v) is 6.72. The van der Waals surface area contributed by atoms with Crippen LogP contribution in [0.25, 0.3) is 0 Å². The molecule has 0 heterocycles. The number of nitriles is 1. The molecule has 18 heavy (non-hydrogen) atoms. The minimum atomic E-state index is -0.986. The van der Waals surface area contributed by atoms with Crippen LogP contribution in [-0.2, 0) is 9.53 Å². The van der Waals surface area contributed by atoms with Gasteiger partial charge in [0.25, 0.3) is 0 Å². The number of nitrogens with zero attached hydrogens (tertiary/aromatic N) is 2. The van der Waals surface area contributed by atoms with Gasteiger partial charge < -0.3 is 4.74 Å². The van der Waals surface area contributed by atoms with Crippen molar-refractivity contribution in [3.8, 4) is 6.07 Å². The molecule has 1 aromatic carbocycles. The van der Waals surface area contributed by atoms with E-state index in [0.717, 1.165) is 8.95 Å². The monoisotopic (exact) mass is 372 g/mol. The molecule has 0 N–H and O–H groups in total. The maximum atomic E-state index is 11.4. The summed E-state index contributed by atoms with van der Waals surface area (Å²) in [6.07, 6.45) is 1.28. The minimum absolute atomic E-state index is 0.243. The van der Waals surface area contributed by atoms with Crippen LogP contribution in [0.5, 0.6) is 0 Å². The fourth-order valence-corrected chi connectivity index (χ4v) is 2.27. The lowest BCUT2D eigenvalue weighted by Crippen LogP contribution is -2.17. The van der Waals surface area contributed by atoms with Gasteiger partial charge in [-0.05, 0) is 41.1 Å². The van der Waals surface area contributed by atoms with Crippen LogP contribution in [0.1, 0.15) is 6.92 Å². The summed E-state index contributed by atoms with van der Waals surface area (Å²) in [6, 6.07) is 7.26. The van der Waals surface area contributed by atoms with Crippen LogP contribution in [0.3, 0.4) is 0 Å². The van der Waals surface area contributed by atoms with Gasteiger partial charge in [-0.2, -0.15) is 5.26 Å². The number of benzene rings is 1. The highest BCUT2D eigenvalue weighted by Gasteiger charge is 2.16. The molecule has 0 bridgehead atoms. The molecule has 0 aliphatic heterocycles. The van der Waals surface area contributed by atoms with Gasteiger partial charge in [0.05, 0.1) is 18.4 Å². The first-order chi connectivity index (χ1) is 8.58. The van der Waals surface area contributed by atoms with Crippen LogP contribution < -0.4 is 0 Å². The molecule has 0 saturated heterocycles. The van der Waals surface area contributed by atoms with Gasteiger partial charge in [-0.1, -0.05) is 15.9 Å². The standard InChI is InChI=1S/C12H10Br2N2O2/c1-2-18-12(17)8(6-15)7-16-11-4-3-9(13)5-10(11)14/h3-5,7-8H,2H2,1H3. The molecule has 0 fully saturated rings. The second kappa shape index (κ2) is 7.29. The van der Waals surface area contributed by atoms with Crippen LogP contribution in [-0.4, -0.2) is 18.8 Å². The van der Waals surface area contributed by atoms with Crippen molar-refractivity contribution in [1.29, 1.82) is 5.26 Å². The second-order valence-electron chi connectivity index (χ2n) is 3.23. The van der Waals surface area contributed by atoms with E-state index in [1.807, 2.05) is 18.2 Å². The Bertz CT molecular complexity index is 509. The molecule has 0 radical (unpaired) electrons. The maximum Gasteiger partial charge on any atom is 0.328 e. The maximum absolute atomic E-state index is 11.4. The molecule has 0 aliphatic carbocycles. The summed E-state index contributed by atoms with van der Waals surface area (Å²) in [5, 5.41) is 8.85. The number of carbonyl (C=O) groups is 1. The summed E-state index contributed by atoms with van der Waals surface area (Å²) < 4.78 is 6.45. The van der Waals surface area contributed by atoms with Crippen LogP contribution >= 0.6 is 31.9 Å². The van der Waals surface area contributed by atoms with Gasteiger partial charge in [0.2, 0.25) is 0 Å². The summed E-state index contributed by atoms with van der Waals surface area (Å²) >= 11 is 6.67. The Morgan fingerprint density at radius 1 is 1.61 bits per heavy atom. The van der Waals surface area contributed by atoms with E-state index in [2.05, 4.69) is 36.9 Å². The Balaban J connectivity index is 2.84. The lowest BCUT2D eigenvalue weighted by atomic mass is 10.2. The normalized spacial score (nSPS) is 12.1. The van der Waals surface area contributed by atoms with Gasteiger partial charge in [0, 0.05) is 15.2 Å². The van der Waals surface area contributed by atoms with E-state index >= 15 is 0 Å². The third kappa shape index (κ3) is 4.24. The van der Waals surface area contributed by atoms with E-state index in [4.69, 9.17) is 10.00 Å². The van der Waals surface area contributed by atoms with Crippen molar-refractivity contribution >= 4 is 49.7 Å². The first kappa shape index (κ1) is 14.9. The van der Waals surface area contributed by atoms with Gasteiger partial charge in [-0.15, -0.1) is 0 Å². The topological polar surface area (TPSA) is 62.5 Å². The van der Waals surface area contributed by atoms with Crippen LogP contribution in [0.4, 0.5) is 5.69 Å². The Kier molecular flexibility index (Phi) is 6.02. The van der Waals surface area contributed by atoms with Crippen molar-refractivity contribution in [2.75, 3.05) is 6.61 Å². The third-order valence-electron chi connectivity index (χ3n) is 1.95. The fraction of sp³-hybridized carbons (Fsp3) is 0.250. The van der Waals surface area contributed by atoms with Gasteiger partial charge in [0.15, 0.2) is 5.92 Å². The molecule has 1 rings (SSSR count). The van der Waals surface area contributed by atoms with Crippen LogP contribution in [0.15, 0.2) is 32.1 Å². The highest BCUT2D eigenvalue weighted by molar-refractivity contribution is 9.11. The molecular weight excluding hydrogens is 364 g/mol. The molecule has 0 aromatic heterocycles. The summed E-state index contributed by atoms with van der Waals surface area (Å²) in [6.45, 7) is 1.93. The van der Waals surface area contributed by atoms with E-state index in [9.17, 15) is 4.79 Å². The van der Waals surface area contributed by atoms with Gasteiger partial charge >= 0.3 is 5.97 Å². The van der Waals surface area contributed by atoms with Crippen molar-refractivity contribution in [1.82, 2.24) is 0 Å². The number of ether oxygens (including phenoxy) is 1. The minimum Gasteiger partial charge on any atom is -0.465 e. The van der Waals surface area contributed by atoms with Gasteiger partial charge in [0.1, 0.15) is 0 Å². The van der Waals surface area contributed by atoms with Crippen molar-refractivity contribution in [3.63, 3.8) is 0 Å². The van der Waals surface area contributed by atoms with E-state index in [-0.39, 0.29) is 6.61 Å². The number of carbonyl (C=O) groups excluding carboxylic acids is 1. The Hall–Kier alpha value is -1.19. The van der Waals surface area contributed by atoms with Crippen LogP contribution in [0, 0.1) is 17.2 Å². The van der Waals surface area contributed by atoms with E-state index in [1.54, 1.807) is 13.0 Å². The lowest BCUT2D eigenvalue weighted by Gasteiger charge is -2.03. The zero-order valence-corrected chi connectivity index (χ0v) is 12.7. The van der Waals surface area contributed by atoms with Gasteiger partial charge in [-0.3, -0.25) is 9.79 Å². The SMILES string of the molecule is CCOC(=O)C(C#N)C=Nc1ccc(Br)cc1Br. The molecule has 1 atom stereocenters. The molecule has 0 spiro atoms. The molecule has 94 valence electrons. The zero-order chi connectivity index (χ0) is 13.5. The zero-order valence-electron chi connectivity index (χ0n) is 9.56. The predicted molar refractivity (Wildman–Crippen MR) is 75.7 cm³/mol. The number of rotatable bonds is 4. The summed E-state index contributed by atoms with van der Waals surface area (Å²) in [4.78, 5) is 15.5. The molecule has 4 nitrogen and oxygen atoms in total. The Morgan fingerprint density at radius 3 is 2.89 bits per heavy atom. The van der Waals surface area contributed by atoms with E-state index < -0.39 is 11.9 Å². The molecule has 0 amide bonds. The quantitative estimate of drug-likeness (QED) is 0.598. The average Bonchev–Trinajstić information content (AvgIpc) is 2.32. The van der Waals surface area contributed by atoms with E-state index in [1.165, 1.54) is 6.21 Å². The number of halogens is 2. The van der Waals surface area contributed by atoms with Crippen molar-refractivity contribution in [2.24, 2.45) is 10.9 Å². The van der Waals surface area contributed by atoms with Gasteiger partial charge in [-0.25, -0.2) is 0 Å². The smallest absolute Gasteiger partial charge is 0.328 e. The highest BCUT2D eigenvalue weighted by Crippen LogP contribution is 2.28. The highest BCUT2D eigenvalue weighted by atomic mass is 79.9. The largest absolute Gasteiger partial charge is 0.465 e. The number of hydrogen-bond donors (Lipinski definition) is 0. The number of esters is 1. The molecule has 1 aromatic rings. The molecule has 0 aliphatic rings. The summed E-state index contributed by atoms with van der Waals surface area (Å²) in [5.74, 6) is -1.57. The Morgan fingerprint density at radius 2 is 2.33 bits per heavy atom. The van der Waals surface area contributed by atoms with E-state index in [0.29, 0.717) is 5.69 Å². The van der Waals surface area contributed by atoms with Crippen molar-refractivity contribution in [3.05, 3.63) is 27.1 Å². The summed E-state index contributed by atoms with van der Waals surface area (Å²) in [5.41, 5.74) is 0.641. The molecule has 0 saturated carbocycles. The lowest BCUT2D eigenvalue weighted by molar-refractivity contribution is -0.143. The molecule has 6 heteroatoms. The summed E-state index contributed by atoms with van der Waals surface area (Å²) in [7, 11) is 0. The second-order valence-corrected chi connectivity index (χ2v) is 5.00. The van der Waals surface area contributed by atoms with Crippen molar-refractivity contribution < 1.29 is 9.53 Å². The van der Waals surface area contributed by atoms with Crippen LogP contribution in [0.2, 0.25) is 0 Å².